The fraction of sp³-hybridized carbons (Fsp3) is 0.667. The van der Waals surface area contributed by atoms with Gasteiger partial charge in [0.1, 0.15) is 5.76 Å². The zero-order valence-electron chi connectivity index (χ0n) is 10.5. The first kappa shape index (κ1) is 18.3. The van der Waals surface area contributed by atoms with Crippen LogP contribution in [-0.4, -0.2) is 31.1 Å². The van der Waals surface area contributed by atoms with Gasteiger partial charge in [-0.2, -0.15) is 0 Å². The summed E-state index contributed by atoms with van der Waals surface area (Å²) in [7, 11) is 0. The van der Waals surface area contributed by atoms with Crippen molar-refractivity contribution in [3.63, 3.8) is 0 Å². The lowest BCUT2D eigenvalue weighted by atomic mass is 10.1. The topological polar surface area (TPSA) is 28.4 Å². The Morgan fingerprint density at radius 3 is 2.50 bits per heavy atom. The molecule has 0 amide bonds. The summed E-state index contributed by atoms with van der Waals surface area (Å²) in [6.07, 6.45) is 2.35. The summed E-state index contributed by atoms with van der Waals surface area (Å²) >= 11 is 3.38. The summed E-state index contributed by atoms with van der Waals surface area (Å²) in [5.74, 6) is 1.09. The van der Waals surface area contributed by atoms with Crippen molar-refractivity contribution >= 4 is 40.7 Å². The Morgan fingerprint density at radius 2 is 2.00 bits per heavy atom. The normalized spacial score (nSPS) is 17.7. The van der Waals surface area contributed by atoms with Crippen molar-refractivity contribution < 1.29 is 4.42 Å². The van der Waals surface area contributed by atoms with E-state index < -0.39 is 0 Å². The zero-order valence-corrected chi connectivity index (χ0v) is 13.7. The molecular formula is C12H21BrCl2N2O. The molecule has 1 N–H and O–H groups in total. The van der Waals surface area contributed by atoms with Crippen LogP contribution in [0.25, 0.3) is 0 Å². The van der Waals surface area contributed by atoms with E-state index in [1.165, 1.54) is 12.8 Å². The summed E-state index contributed by atoms with van der Waals surface area (Å²) in [5.41, 5.74) is 0. The maximum atomic E-state index is 5.71. The number of hydrogen-bond acceptors (Lipinski definition) is 3. The van der Waals surface area contributed by atoms with E-state index in [1.54, 1.807) is 0 Å². The van der Waals surface area contributed by atoms with E-state index in [1.807, 2.05) is 6.07 Å². The average molecular weight is 360 g/mol. The minimum atomic E-state index is 0. The van der Waals surface area contributed by atoms with Crippen LogP contribution in [0.5, 0.6) is 0 Å². The molecule has 3 nitrogen and oxygen atoms in total. The molecule has 0 saturated carbocycles. The highest BCUT2D eigenvalue weighted by atomic mass is 79.9. The molecule has 0 unspecified atom stereocenters. The lowest BCUT2D eigenvalue weighted by Crippen LogP contribution is -2.45. The summed E-state index contributed by atoms with van der Waals surface area (Å²) in [6, 6.07) is 4.52. The largest absolute Gasteiger partial charge is 0.453 e. The molecule has 0 bridgehead atoms. The third-order valence-corrected chi connectivity index (χ3v) is 3.50. The van der Waals surface area contributed by atoms with E-state index in [2.05, 4.69) is 39.1 Å². The maximum Gasteiger partial charge on any atom is 0.169 e. The van der Waals surface area contributed by atoms with Crippen molar-refractivity contribution in [2.24, 2.45) is 0 Å². The molecule has 1 saturated heterocycles. The highest BCUT2D eigenvalue weighted by Gasteiger charge is 2.23. The quantitative estimate of drug-likeness (QED) is 0.889. The second-order valence-corrected chi connectivity index (χ2v) is 5.01. The third-order valence-electron chi connectivity index (χ3n) is 3.08. The molecule has 2 rings (SSSR count). The van der Waals surface area contributed by atoms with Crippen LogP contribution in [0, 0.1) is 0 Å². The van der Waals surface area contributed by atoms with Gasteiger partial charge in [-0.1, -0.05) is 13.3 Å². The van der Waals surface area contributed by atoms with Crippen LogP contribution in [0.2, 0.25) is 0 Å². The van der Waals surface area contributed by atoms with Gasteiger partial charge < -0.3 is 9.73 Å². The van der Waals surface area contributed by atoms with Crippen molar-refractivity contribution in [3.8, 4) is 0 Å². The smallest absolute Gasteiger partial charge is 0.169 e. The van der Waals surface area contributed by atoms with Crippen molar-refractivity contribution in [3.05, 3.63) is 22.6 Å². The van der Waals surface area contributed by atoms with E-state index in [9.17, 15) is 0 Å². The van der Waals surface area contributed by atoms with E-state index in [0.29, 0.717) is 6.04 Å². The Bertz CT molecular complexity index is 330. The fourth-order valence-electron chi connectivity index (χ4n) is 2.28. The van der Waals surface area contributed by atoms with E-state index in [0.717, 1.165) is 36.6 Å². The summed E-state index contributed by atoms with van der Waals surface area (Å²) < 4.78 is 6.54. The molecule has 0 radical (unpaired) electrons. The van der Waals surface area contributed by atoms with Gasteiger partial charge in [-0.15, -0.1) is 24.8 Å². The van der Waals surface area contributed by atoms with Gasteiger partial charge >= 0.3 is 0 Å². The molecule has 0 spiro atoms. The third kappa shape index (κ3) is 4.74. The van der Waals surface area contributed by atoms with E-state index in [4.69, 9.17) is 4.42 Å². The predicted octanol–water partition coefficient (Wildman–Crippen LogP) is 3.63. The van der Waals surface area contributed by atoms with Gasteiger partial charge in [0.15, 0.2) is 4.67 Å². The van der Waals surface area contributed by atoms with Gasteiger partial charge in [0.2, 0.25) is 0 Å². The number of nitrogens with zero attached hydrogens (tertiary/aromatic N) is 1. The first-order chi connectivity index (χ1) is 7.81. The number of halogens is 3. The van der Waals surface area contributed by atoms with Crippen LogP contribution in [0.1, 0.15) is 31.6 Å². The SMILES string of the molecule is CCC[C@@H](c1ccc(Br)o1)N1CCNCC1.Cl.Cl. The van der Waals surface area contributed by atoms with Crippen LogP contribution in [0.4, 0.5) is 0 Å². The molecular weight excluding hydrogens is 339 g/mol. The molecule has 6 heteroatoms. The highest BCUT2D eigenvalue weighted by Crippen LogP contribution is 2.29. The Hall–Kier alpha value is 0.260. The Balaban J connectivity index is 0.00000144. The Kier molecular flexibility index (Phi) is 9.34. The van der Waals surface area contributed by atoms with Gasteiger partial charge in [-0.25, -0.2) is 0 Å². The summed E-state index contributed by atoms with van der Waals surface area (Å²) in [6.45, 7) is 6.63. The maximum absolute atomic E-state index is 5.71. The van der Waals surface area contributed by atoms with E-state index >= 15 is 0 Å². The molecule has 0 aromatic carbocycles. The first-order valence-corrected chi connectivity index (χ1v) is 6.80. The van der Waals surface area contributed by atoms with Crippen molar-refractivity contribution in [1.82, 2.24) is 10.2 Å². The zero-order chi connectivity index (χ0) is 11.4. The molecule has 1 aromatic heterocycles. The van der Waals surface area contributed by atoms with E-state index in [-0.39, 0.29) is 24.8 Å². The van der Waals surface area contributed by atoms with Gasteiger partial charge in [0.05, 0.1) is 6.04 Å². The van der Waals surface area contributed by atoms with Crippen LogP contribution < -0.4 is 5.32 Å². The summed E-state index contributed by atoms with van der Waals surface area (Å²) in [4.78, 5) is 2.52. The van der Waals surface area contributed by atoms with Gasteiger partial charge in [0, 0.05) is 26.2 Å². The minimum Gasteiger partial charge on any atom is -0.453 e. The van der Waals surface area contributed by atoms with Gasteiger partial charge in [0.25, 0.3) is 0 Å². The number of nitrogens with one attached hydrogen (secondary N) is 1. The fourth-order valence-corrected chi connectivity index (χ4v) is 2.60. The number of piperazine rings is 1. The molecule has 1 atom stereocenters. The summed E-state index contributed by atoms with van der Waals surface area (Å²) in [5, 5.41) is 3.39. The minimum absolute atomic E-state index is 0. The van der Waals surface area contributed by atoms with Crippen LogP contribution >= 0.6 is 40.7 Å². The molecule has 0 aliphatic carbocycles. The number of hydrogen-bond donors (Lipinski definition) is 1. The van der Waals surface area contributed by atoms with Crippen molar-refractivity contribution in [2.75, 3.05) is 26.2 Å². The van der Waals surface area contributed by atoms with Crippen molar-refractivity contribution in [1.29, 1.82) is 0 Å². The molecule has 2 heterocycles. The number of rotatable bonds is 4. The Morgan fingerprint density at radius 1 is 1.33 bits per heavy atom. The van der Waals surface area contributed by atoms with Crippen LogP contribution in [0.3, 0.4) is 0 Å². The molecule has 1 fully saturated rings. The van der Waals surface area contributed by atoms with Gasteiger partial charge in [-0.05, 0) is 34.5 Å². The lowest BCUT2D eigenvalue weighted by Gasteiger charge is -2.33. The van der Waals surface area contributed by atoms with Gasteiger partial charge in [-0.3, -0.25) is 4.90 Å². The van der Waals surface area contributed by atoms with Crippen molar-refractivity contribution in [2.45, 2.75) is 25.8 Å². The second-order valence-electron chi connectivity index (χ2n) is 4.23. The molecule has 1 aliphatic rings. The average Bonchev–Trinajstić information content (AvgIpc) is 2.74. The standard InChI is InChI=1S/C12H19BrN2O.2ClH/c1-2-3-10(11-4-5-12(13)16-11)15-8-6-14-7-9-15;;/h4-5,10,14H,2-3,6-9H2,1H3;2*1H/t10-;;/m0../s1. The van der Waals surface area contributed by atoms with Crippen LogP contribution in [-0.2, 0) is 0 Å². The molecule has 1 aliphatic heterocycles. The molecule has 106 valence electrons. The molecule has 18 heavy (non-hydrogen) atoms. The molecule has 1 aromatic rings. The van der Waals surface area contributed by atoms with Crippen LogP contribution in [0.15, 0.2) is 21.2 Å². The predicted molar refractivity (Wildman–Crippen MR) is 83.0 cm³/mol. The second kappa shape index (κ2) is 9.21. The first-order valence-electron chi connectivity index (χ1n) is 6.01. The highest BCUT2D eigenvalue weighted by molar-refractivity contribution is 9.10. The lowest BCUT2D eigenvalue weighted by molar-refractivity contribution is 0.145. The Labute approximate surface area is 130 Å². The monoisotopic (exact) mass is 358 g/mol. The number of furan rings is 1.